The Balaban J connectivity index is 1.83. The lowest BCUT2D eigenvalue weighted by atomic mass is 10.1. The van der Waals surface area contributed by atoms with E-state index in [9.17, 15) is 0 Å². The van der Waals surface area contributed by atoms with Gasteiger partial charge in [0.25, 0.3) is 0 Å². The Morgan fingerprint density at radius 2 is 1.90 bits per heavy atom. The van der Waals surface area contributed by atoms with Crippen LogP contribution in [-0.4, -0.2) is 55.6 Å². The van der Waals surface area contributed by atoms with E-state index < -0.39 is 0 Å². The first-order chi connectivity index (χ1) is 10.1. The van der Waals surface area contributed by atoms with E-state index in [1.54, 1.807) is 0 Å². The maximum absolute atomic E-state index is 4.56. The Kier molecular flexibility index (Phi) is 5.20. The molecule has 0 fully saturated rings. The maximum Gasteiger partial charge on any atom is 0.204 e. The van der Waals surface area contributed by atoms with E-state index in [0.717, 1.165) is 31.3 Å². The lowest BCUT2D eigenvalue weighted by Crippen LogP contribution is -2.50. The predicted octanol–water partition coefficient (Wildman–Crippen LogP) is 1.77. The summed E-state index contributed by atoms with van der Waals surface area (Å²) in [5.41, 5.74) is 1.38. The quantitative estimate of drug-likeness (QED) is 0.858. The molecule has 2 rings (SSSR count). The summed E-state index contributed by atoms with van der Waals surface area (Å²) < 4.78 is 0. The molecule has 1 aromatic carbocycles. The van der Waals surface area contributed by atoms with Gasteiger partial charge in [-0.15, -0.1) is 0 Å². The van der Waals surface area contributed by atoms with Crippen LogP contribution in [0.3, 0.4) is 0 Å². The van der Waals surface area contributed by atoms with E-state index in [-0.39, 0.29) is 6.17 Å². The molecular formula is C16H25N5. The van der Waals surface area contributed by atoms with Crippen LogP contribution in [0.15, 0.2) is 40.3 Å². The van der Waals surface area contributed by atoms with Crippen molar-refractivity contribution in [1.82, 2.24) is 15.1 Å². The number of guanidine groups is 2. The van der Waals surface area contributed by atoms with E-state index >= 15 is 0 Å². The first kappa shape index (κ1) is 15.4. The van der Waals surface area contributed by atoms with Crippen molar-refractivity contribution in [3.63, 3.8) is 0 Å². The second-order valence-corrected chi connectivity index (χ2v) is 5.48. The van der Waals surface area contributed by atoms with Crippen molar-refractivity contribution in [2.75, 3.05) is 27.7 Å². The third-order valence-electron chi connectivity index (χ3n) is 3.40. The van der Waals surface area contributed by atoms with Gasteiger partial charge in [0, 0.05) is 27.7 Å². The second kappa shape index (κ2) is 7.11. The van der Waals surface area contributed by atoms with E-state index in [1.807, 2.05) is 37.9 Å². The van der Waals surface area contributed by atoms with Crippen molar-refractivity contribution < 1.29 is 0 Å². The number of aryl methyl sites for hydroxylation is 1. The van der Waals surface area contributed by atoms with E-state index in [1.165, 1.54) is 5.56 Å². The highest BCUT2D eigenvalue weighted by Crippen LogP contribution is 2.07. The Morgan fingerprint density at radius 3 is 2.57 bits per heavy atom. The van der Waals surface area contributed by atoms with Crippen molar-refractivity contribution in [2.45, 2.75) is 25.9 Å². The molecule has 0 radical (unpaired) electrons. The van der Waals surface area contributed by atoms with Crippen LogP contribution in [0.5, 0.6) is 0 Å². The van der Waals surface area contributed by atoms with Crippen molar-refractivity contribution >= 4 is 11.9 Å². The average Bonchev–Trinajstić information content (AvgIpc) is 2.47. The van der Waals surface area contributed by atoms with Crippen LogP contribution in [0.2, 0.25) is 0 Å². The molecule has 21 heavy (non-hydrogen) atoms. The highest BCUT2D eigenvalue weighted by molar-refractivity contribution is 5.99. The van der Waals surface area contributed by atoms with Gasteiger partial charge >= 0.3 is 0 Å². The van der Waals surface area contributed by atoms with Gasteiger partial charge in [0.05, 0.1) is 0 Å². The maximum atomic E-state index is 4.56. The lowest BCUT2D eigenvalue weighted by molar-refractivity contribution is 0.490. The fraction of sp³-hybridized carbons (Fsp3) is 0.500. The molecule has 0 bridgehead atoms. The normalized spacial score (nSPS) is 18.1. The van der Waals surface area contributed by atoms with Gasteiger partial charge in [-0.05, 0) is 25.3 Å². The molecule has 0 saturated carbocycles. The minimum atomic E-state index is -0.0322. The summed E-state index contributed by atoms with van der Waals surface area (Å²) in [6, 6.07) is 10.6. The van der Waals surface area contributed by atoms with E-state index in [2.05, 4.69) is 45.6 Å². The predicted molar refractivity (Wildman–Crippen MR) is 88.5 cm³/mol. The zero-order valence-corrected chi connectivity index (χ0v) is 13.4. The highest BCUT2D eigenvalue weighted by Gasteiger charge is 2.20. The largest absolute Gasteiger partial charge is 0.356 e. The standard InChI is InChI=1S/C16H25N5/c1-13-18-15(21(4)16(19-13)20(2)3)17-12-8-11-14-9-6-5-7-10-14/h5-7,9-10,13H,8,11-12H2,1-4H3,(H,17,18). The Morgan fingerprint density at radius 1 is 1.19 bits per heavy atom. The van der Waals surface area contributed by atoms with Crippen molar-refractivity contribution in [1.29, 1.82) is 0 Å². The molecule has 1 heterocycles. The van der Waals surface area contributed by atoms with Gasteiger partial charge < -0.3 is 10.2 Å². The molecule has 5 nitrogen and oxygen atoms in total. The molecule has 1 aliphatic heterocycles. The molecule has 0 saturated heterocycles. The topological polar surface area (TPSA) is 43.2 Å². The van der Waals surface area contributed by atoms with Crippen LogP contribution < -0.4 is 5.32 Å². The first-order valence-electron chi connectivity index (χ1n) is 7.42. The first-order valence-corrected chi connectivity index (χ1v) is 7.42. The summed E-state index contributed by atoms with van der Waals surface area (Å²) in [5.74, 6) is 1.83. The number of hydrogen-bond donors (Lipinski definition) is 1. The summed E-state index contributed by atoms with van der Waals surface area (Å²) in [4.78, 5) is 13.1. The fourth-order valence-electron chi connectivity index (χ4n) is 2.36. The van der Waals surface area contributed by atoms with Crippen LogP contribution >= 0.6 is 0 Å². The molecule has 0 amide bonds. The molecule has 5 heteroatoms. The molecule has 1 unspecified atom stereocenters. The second-order valence-electron chi connectivity index (χ2n) is 5.48. The highest BCUT2D eigenvalue weighted by atomic mass is 15.4. The van der Waals surface area contributed by atoms with Crippen LogP contribution in [-0.2, 0) is 6.42 Å². The molecule has 1 atom stereocenters. The lowest BCUT2D eigenvalue weighted by Gasteiger charge is -2.32. The van der Waals surface area contributed by atoms with Crippen LogP contribution in [0.1, 0.15) is 18.9 Å². The number of hydrogen-bond acceptors (Lipinski definition) is 5. The molecule has 1 aromatic rings. The Bertz CT molecular complexity index is 507. The summed E-state index contributed by atoms with van der Waals surface area (Å²) in [7, 11) is 5.99. The molecule has 0 spiro atoms. The summed E-state index contributed by atoms with van der Waals surface area (Å²) in [6.45, 7) is 2.91. The van der Waals surface area contributed by atoms with Crippen LogP contribution in [0.25, 0.3) is 0 Å². The molecule has 0 aromatic heterocycles. The Labute approximate surface area is 127 Å². The van der Waals surface area contributed by atoms with Crippen molar-refractivity contribution in [3.8, 4) is 0 Å². The minimum absolute atomic E-state index is 0.0322. The van der Waals surface area contributed by atoms with Crippen molar-refractivity contribution in [3.05, 3.63) is 35.9 Å². The monoisotopic (exact) mass is 287 g/mol. The smallest absolute Gasteiger partial charge is 0.204 e. The molecule has 0 aliphatic carbocycles. The number of nitrogens with zero attached hydrogens (tertiary/aromatic N) is 4. The van der Waals surface area contributed by atoms with Gasteiger partial charge in [0.2, 0.25) is 11.9 Å². The zero-order valence-electron chi connectivity index (χ0n) is 13.4. The van der Waals surface area contributed by atoms with Gasteiger partial charge in [-0.25, -0.2) is 9.98 Å². The van der Waals surface area contributed by atoms with Crippen LogP contribution in [0, 0.1) is 0 Å². The average molecular weight is 287 g/mol. The molecule has 114 valence electrons. The summed E-state index contributed by atoms with van der Waals surface area (Å²) in [6.07, 6.45) is 2.13. The molecule has 1 N–H and O–H groups in total. The summed E-state index contributed by atoms with van der Waals surface area (Å²) >= 11 is 0. The third kappa shape index (κ3) is 4.21. The van der Waals surface area contributed by atoms with Gasteiger partial charge in [-0.2, -0.15) is 0 Å². The number of aliphatic imine (C=N–C) groups is 2. The van der Waals surface area contributed by atoms with E-state index in [4.69, 9.17) is 0 Å². The fourth-order valence-corrected chi connectivity index (χ4v) is 2.36. The Hall–Kier alpha value is -2.04. The third-order valence-corrected chi connectivity index (χ3v) is 3.40. The number of benzene rings is 1. The number of nitrogens with one attached hydrogen (secondary N) is 1. The van der Waals surface area contributed by atoms with Gasteiger partial charge in [0.1, 0.15) is 6.17 Å². The number of rotatable bonds is 4. The SMILES string of the molecule is CC1N=C(NCCCc2ccccc2)N(C)C(N(C)C)=N1. The molecule has 1 aliphatic rings. The van der Waals surface area contributed by atoms with Gasteiger partial charge in [-0.1, -0.05) is 30.3 Å². The summed E-state index contributed by atoms with van der Waals surface area (Å²) in [5, 5.41) is 3.43. The van der Waals surface area contributed by atoms with Gasteiger partial charge in [-0.3, -0.25) is 4.90 Å². The van der Waals surface area contributed by atoms with Crippen LogP contribution in [0.4, 0.5) is 0 Å². The van der Waals surface area contributed by atoms with Gasteiger partial charge in [0.15, 0.2) is 0 Å². The minimum Gasteiger partial charge on any atom is -0.356 e. The van der Waals surface area contributed by atoms with E-state index in [0.29, 0.717) is 0 Å². The molecular weight excluding hydrogens is 262 g/mol. The zero-order chi connectivity index (χ0) is 15.2. The van der Waals surface area contributed by atoms with Crippen molar-refractivity contribution in [2.24, 2.45) is 9.98 Å².